The molecule has 0 amide bonds. The summed E-state index contributed by atoms with van der Waals surface area (Å²) >= 11 is 1.71. The summed E-state index contributed by atoms with van der Waals surface area (Å²) in [5.74, 6) is 0. The van der Waals surface area contributed by atoms with Crippen molar-refractivity contribution in [3.63, 3.8) is 0 Å². The van der Waals surface area contributed by atoms with Crippen LogP contribution in [-0.4, -0.2) is 9.13 Å². The van der Waals surface area contributed by atoms with E-state index in [4.69, 9.17) is 0 Å². The molecule has 1 aromatic carbocycles. The predicted octanol–water partition coefficient (Wildman–Crippen LogP) is 2.90. The molecule has 0 fully saturated rings. The Kier molecular flexibility index (Phi) is 5.33. The fraction of sp³-hybridized carbons (Fsp3) is 0.364. The maximum Gasteiger partial charge on any atom is 0.330 e. The molecule has 5 nitrogen and oxygen atoms in total. The zero-order valence-corrected chi connectivity index (χ0v) is 17.1. The van der Waals surface area contributed by atoms with Gasteiger partial charge in [-0.05, 0) is 53.8 Å². The van der Waals surface area contributed by atoms with Crippen LogP contribution in [0.3, 0.4) is 0 Å². The average molecular weight is 396 g/mol. The standard InChI is InChI=1S/C22H25N3O2S/c1-24-14-18(21(26)25(2)22(24)27)13-23-20(19-8-5-11-28-19)17-10-9-15-6-3-4-7-16(15)12-17/h5,8-12,14,20,23H,3-4,6-7,13H2,1-2H3. The van der Waals surface area contributed by atoms with Crippen molar-refractivity contribution in [2.45, 2.75) is 38.3 Å². The van der Waals surface area contributed by atoms with Crippen molar-refractivity contribution < 1.29 is 0 Å². The molecule has 0 saturated heterocycles. The van der Waals surface area contributed by atoms with Crippen molar-refractivity contribution in [1.29, 1.82) is 0 Å². The Bertz CT molecular complexity index is 1100. The van der Waals surface area contributed by atoms with Gasteiger partial charge in [-0.15, -0.1) is 11.3 Å². The maximum atomic E-state index is 12.5. The first kappa shape index (κ1) is 18.9. The van der Waals surface area contributed by atoms with Gasteiger partial charge in [0.05, 0.1) is 6.04 Å². The van der Waals surface area contributed by atoms with Gasteiger partial charge in [0.15, 0.2) is 0 Å². The van der Waals surface area contributed by atoms with Crippen LogP contribution in [-0.2, 0) is 33.5 Å². The summed E-state index contributed by atoms with van der Waals surface area (Å²) in [7, 11) is 3.19. The summed E-state index contributed by atoms with van der Waals surface area (Å²) < 4.78 is 2.62. The summed E-state index contributed by atoms with van der Waals surface area (Å²) in [6.07, 6.45) is 6.47. The number of rotatable bonds is 5. The molecular formula is C22H25N3O2S. The minimum Gasteiger partial charge on any atom is -0.303 e. The van der Waals surface area contributed by atoms with Crippen LogP contribution in [0.15, 0.2) is 51.5 Å². The molecule has 2 aromatic heterocycles. The van der Waals surface area contributed by atoms with Gasteiger partial charge in [-0.25, -0.2) is 4.79 Å². The number of aryl methyl sites for hydroxylation is 3. The first-order chi connectivity index (χ1) is 13.5. The van der Waals surface area contributed by atoms with E-state index in [2.05, 4.69) is 41.0 Å². The molecule has 1 aliphatic carbocycles. The number of fused-ring (bicyclic) bond motifs is 1. The molecule has 6 heteroatoms. The molecule has 0 aliphatic heterocycles. The fourth-order valence-corrected chi connectivity index (χ4v) is 4.81. The molecular weight excluding hydrogens is 370 g/mol. The Morgan fingerprint density at radius 1 is 1.11 bits per heavy atom. The molecule has 28 heavy (non-hydrogen) atoms. The van der Waals surface area contributed by atoms with Crippen molar-refractivity contribution in [2.75, 3.05) is 0 Å². The third-order valence-corrected chi connectivity index (χ3v) is 6.48. The van der Waals surface area contributed by atoms with E-state index in [0.717, 1.165) is 11.0 Å². The lowest BCUT2D eigenvalue weighted by atomic mass is 9.89. The molecule has 1 aliphatic rings. The molecule has 1 N–H and O–H groups in total. The summed E-state index contributed by atoms with van der Waals surface area (Å²) in [6.45, 7) is 0.403. The van der Waals surface area contributed by atoms with E-state index in [-0.39, 0.29) is 17.3 Å². The van der Waals surface area contributed by atoms with E-state index in [1.54, 1.807) is 24.6 Å². The summed E-state index contributed by atoms with van der Waals surface area (Å²) in [5, 5.41) is 5.64. The Labute approximate surface area is 168 Å². The minimum absolute atomic E-state index is 0.0224. The quantitative estimate of drug-likeness (QED) is 0.723. The third-order valence-electron chi connectivity index (χ3n) is 5.55. The maximum absolute atomic E-state index is 12.5. The lowest BCUT2D eigenvalue weighted by Gasteiger charge is -2.22. The van der Waals surface area contributed by atoms with Crippen molar-refractivity contribution in [1.82, 2.24) is 14.5 Å². The number of thiophene rings is 1. The molecule has 0 radical (unpaired) electrons. The van der Waals surface area contributed by atoms with Gasteiger partial charge in [-0.1, -0.05) is 24.3 Å². The smallest absolute Gasteiger partial charge is 0.303 e. The van der Waals surface area contributed by atoms with Gasteiger partial charge in [-0.2, -0.15) is 0 Å². The van der Waals surface area contributed by atoms with Gasteiger partial charge in [0.2, 0.25) is 0 Å². The van der Waals surface area contributed by atoms with Crippen LogP contribution in [0.25, 0.3) is 0 Å². The van der Waals surface area contributed by atoms with E-state index in [0.29, 0.717) is 12.1 Å². The van der Waals surface area contributed by atoms with E-state index < -0.39 is 0 Å². The van der Waals surface area contributed by atoms with Crippen LogP contribution in [0.5, 0.6) is 0 Å². The second-order valence-electron chi connectivity index (χ2n) is 7.48. The summed E-state index contributed by atoms with van der Waals surface area (Å²) in [5.41, 5.74) is 4.18. The van der Waals surface area contributed by atoms with Crippen LogP contribution in [0.1, 0.15) is 46.0 Å². The van der Waals surface area contributed by atoms with Gasteiger partial charge in [0.25, 0.3) is 5.56 Å². The Balaban J connectivity index is 1.66. The number of benzene rings is 1. The van der Waals surface area contributed by atoms with Crippen molar-refractivity contribution in [3.8, 4) is 0 Å². The lowest BCUT2D eigenvalue weighted by Crippen LogP contribution is -2.39. The van der Waals surface area contributed by atoms with Gasteiger partial charge in [0, 0.05) is 37.3 Å². The second-order valence-corrected chi connectivity index (χ2v) is 8.46. The van der Waals surface area contributed by atoms with Crippen LogP contribution < -0.4 is 16.6 Å². The molecule has 2 heterocycles. The van der Waals surface area contributed by atoms with Crippen molar-refractivity contribution >= 4 is 11.3 Å². The highest BCUT2D eigenvalue weighted by atomic mass is 32.1. The van der Waals surface area contributed by atoms with Crippen LogP contribution in [0, 0.1) is 0 Å². The lowest BCUT2D eigenvalue weighted by molar-refractivity contribution is 0.586. The monoisotopic (exact) mass is 395 g/mol. The predicted molar refractivity (Wildman–Crippen MR) is 113 cm³/mol. The van der Waals surface area contributed by atoms with Crippen LogP contribution in [0.4, 0.5) is 0 Å². The highest BCUT2D eigenvalue weighted by Crippen LogP contribution is 2.30. The second kappa shape index (κ2) is 7.89. The number of aromatic nitrogens is 2. The topological polar surface area (TPSA) is 56.0 Å². The van der Waals surface area contributed by atoms with E-state index >= 15 is 0 Å². The highest BCUT2D eigenvalue weighted by molar-refractivity contribution is 7.10. The minimum atomic E-state index is -0.307. The Hall–Kier alpha value is -2.44. The van der Waals surface area contributed by atoms with Crippen molar-refractivity contribution in [2.24, 2.45) is 14.1 Å². The van der Waals surface area contributed by atoms with Crippen LogP contribution in [0.2, 0.25) is 0 Å². The average Bonchev–Trinajstić information content (AvgIpc) is 3.24. The summed E-state index contributed by atoms with van der Waals surface area (Å²) in [6, 6.07) is 11.0. The molecule has 0 spiro atoms. The van der Waals surface area contributed by atoms with E-state index in [9.17, 15) is 9.59 Å². The first-order valence-electron chi connectivity index (χ1n) is 9.68. The van der Waals surface area contributed by atoms with Gasteiger partial charge in [0.1, 0.15) is 0 Å². The Morgan fingerprint density at radius 2 is 1.89 bits per heavy atom. The largest absolute Gasteiger partial charge is 0.330 e. The third kappa shape index (κ3) is 3.62. The number of nitrogens with one attached hydrogen (secondary N) is 1. The van der Waals surface area contributed by atoms with Gasteiger partial charge < -0.3 is 9.88 Å². The molecule has 3 aromatic rings. The molecule has 0 saturated carbocycles. The summed E-state index contributed by atoms with van der Waals surface area (Å²) in [4.78, 5) is 25.6. The van der Waals surface area contributed by atoms with Gasteiger partial charge >= 0.3 is 5.69 Å². The molecule has 0 bridgehead atoms. The molecule has 1 unspecified atom stereocenters. The Morgan fingerprint density at radius 3 is 2.64 bits per heavy atom. The van der Waals surface area contributed by atoms with E-state index in [1.165, 1.54) is 52.4 Å². The fourth-order valence-electron chi connectivity index (χ4n) is 3.99. The zero-order chi connectivity index (χ0) is 19.7. The number of hydrogen-bond donors (Lipinski definition) is 1. The molecule has 146 valence electrons. The van der Waals surface area contributed by atoms with E-state index in [1.807, 2.05) is 0 Å². The number of hydrogen-bond acceptors (Lipinski definition) is 4. The number of nitrogens with zero attached hydrogens (tertiary/aromatic N) is 2. The highest BCUT2D eigenvalue weighted by Gasteiger charge is 2.19. The van der Waals surface area contributed by atoms with Crippen LogP contribution >= 0.6 is 11.3 Å². The molecule has 4 rings (SSSR count). The molecule has 1 atom stereocenters. The van der Waals surface area contributed by atoms with Gasteiger partial charge in [-0.3, -0.25) is 9.36 Å². The normalized spacial score (nSPS) is 14.6. The zero-order valence-electron chi connectivity index (χ0n) is 16.3. The SMILES string of the molecule is Cn1cc(CNC(c2ccc3c(c2)CCCC3)c2cccs2)c(=O)n(C)c1=O. The first-order valence-corrected chi connectivity index (χ1v) is 10.6. The van der Waals surface area contributed by atoms with Crippen molar-refractivity contribution in [3.05, 3.63) is 89.9 Å².